The van der Waals surface area contributed by atoms with Crippen LogP contribution in [0.15, 0.2) is 12.1 Å². The average Bonchev–Trinajstić information content (AvgIpc) is 2.48. The van der Waals surface area contributed by atoms with E-state index in [1.165, 1.54) is 7.11 Å². The minimum atomic E-state index is -0.277. The number of esters is 1. The number of rotatable bonds is 4. The van der Waals surface area contributed by atoms with Crippen LogP contribution in [-0.4, -0.2) is 32.8 Å². The van der Waals surface area contributed by atoms with Crippen LogP contribution in [0.2, 0.25) is 0 Å². The topological polar surface area (TPSA) is 47.6 Å². The molecule has 0 aliphatic carbocycles. The van der Waals surface area contributed by atoms with E-state index in [1.54, 1.807) is 0 Å². The van der Waals surface area contributed by atoms with Gasteiger partial charge in [0, 0.05) is 25.4 Å². The van der Waals surface area contributed by atoms with Gasteiger partial charge in [-0.2, -0.15) is 0 Å². The second kappa shape index (κ2) is 6.75. The first-order chi connectivity index (χ1) is 9.61. The van der Waals surface area contributed by atoms with E-state index in [1.807, 2.05) is 19.9 Å². The van der Waals surface area contributed by atoms with E-state index < -0.39 is 0 Å². The SMILES string of the molecule is COC(=O)c1cc(C)cc(NCC2CCOCC2)c1C. The van der Waals surface area contributed by atoms with Gasteiger partial charge in [0.1, 0.15) is 0 Å². The van der Waals surface area contributed by atoms with Crippen LogP contribution in [0.25, 0.3) is 0 Å². The summed E-state index contributed by atoms with van der Waals surface area (Å²) in [5, 5.41) is 3.48. The number of hydrogen-bond donors (Lipinski definition) is 1. The van der Waals surface area contributed by atoms with Crippen molar-refractivity contribution in [3.05, 3.63) is 28.8 Å². The Hall–Kier alpha value is -1.55. The van der Waals surface area contributed by atoms with Crippen molar-refractivity contribution in [2.45, 2.75) is 26.7 Å². The molecule has 0 unspecified atom stereocenters. The molecule has 1 aliphatic heterocycles. The summed E-state index contributed by atoms with van der Waals surface area (Å²) in [5.41, 5.74) is 3.68. The summed E-state index contributed by atoms with van der Waals surface area (Å²) in [4.78, 5) is 11.8. The van der Waals surface area contributed by atoms with Crippen LogP contribution in [0.5, 0.6) is 0 Å². The molecular formula is C16H23NO3. The highest BCUT2D eigenvalue weighted by molar-refractivity contribution is 5.93. The van der Waals surface area contributed by atoms with Crippen LogP contribution < -0.4 is 5.32 Å². The summed E-state index contributed by atoms with van der Waals surface area (Å²) >= 11 is 0. The summed E-state index contributed by atoms with van der Waals surface area (Å²) in [6.07, 6.45) is 2.20. The smallest absolute Gasteiger partial charge is 0.338 e. The Kier molecular flexibility index (Phi) is 5.01. The minimum absolute atomic E-state index is 0.277. The van der Waals surface area contributed by atoms with Crippen LogP contribution in [0.3, 0.4) is 0 Å². The third kappa shape index (κ3) is 3.51. The Bertz CT molecular complexity index is 479. The van der Waals surface area contributed by atoms with Crippen LogP contribution >= 0.6 is 0 Å². The lowest BCUT2D eigenvalue weighted by Crippen LogP contribution is -2.23. The first kappa shape index (κ1) is 14.9. The fraction of sp³-hybridized carbons (Fsp3) is 0.562. The maximum Gasteiger partial charge on any atom is 0.338 e. The van der Waals surface area contributed by atoms with Crippen molar-refractivity contribution in [3.63, 3.8) is 0 Å². The van der Waals surface area contributed by atoms with Gasteiger partial charge >= 0.3 is 5.97 Å². The third-order valence-electron chi connectivity index (χ3n) is 3.88. The number of hydrogen-bond acceptors (Lipinski definition) is 4. The van der Waals surface area contributed by atoms with Crippen molar-refractivity contribution >= 4 is 11.7 Å². The minimum Gasteiger partial charge on any atom is -0.465 e. The summed E-state index contributed by atoms with van der Waals surface area (Å²) in [5.74, 6) is 0.366. The number of aryl methyl sites for hydroxylation is 1. The van der Waals surface area contributed by atoms with Crippen molar-refractivity contribution in [1.82, 2.24) is 0 Å². The van der Waals surface area contributed by atoms with Crippen molar-refractivity contribution in [3.8, 4) is 0 Å². The largest absolute Gasteiger partial charge is 0.465 e. The van der Waals surface area contributed by atoms with Crippen LogP contribution in [0.4, 0.5) is 5.69 Å². The Balaban J connectivity index is 2.10. The predicted molar refractivity (Wildman–Crippen MR) is 79.3 cm³/mol. The lowest BCUT2D eigenvalue weighted by atomic mass is 9.99. The Morgan fingerprint density at radius 2 is 2.05 bits per heavy atom. The summed E-state index contributed by atoms with van der Waals surface area (Å²) in [6, 6.07) is 3.96. The number of carbonyl (C=O) groups is 1. The summed E-state index contributed by atoms with van der Waals surface area (Å²) < 4.78 is 10.2. The molecule has 110 valence electrons. The molecule has 1 aromatic carbocycles. The summed E-state index contributed by atoms with van der Waals surface area (Å²) in [7, 11) is 1.42. The van der Waals surface area contributed by atoms with Crippen LogP contribution in [0, 0.1) is 19.8 Å². The molecule has 1 saturated heterocycles. The molecule has 0 atom stereocenters. The zero-order valence-electron chi connectivity index (χ0n) is 12.5. The Morgan fingerprint density at radius 3 is 2.70 bits per heavy atom. The monoisotopic (exact) mass is 277 g/mol. The lowest BCUT2D eigenvalue weighted by molar-refractivity contribution is 0.0600. The molecule has 20 heavy (non-hydrogen) atoms. The predicted octanol–water partition coefficient (Wildman–Crippen LogP) is 2.93. The lowest BCUT2D eigenvalue weighted by Gasteiger charge is -2.23. The van der Waals surface area contributed by atoms with Gasteiger partial charge in [-0.1, -0.05) is 0 Å². The molecule has 0 spiro atoms. The Labute approximate surface area is 120 Å². The summed E-state index contributed by atoms with van der Waals surface area (Å²) in [6.45, 7) is 6.58. The maximum absolute atomic E-state index is 11.8. The molecule has 1 fully saturated rings. The van der Waals surface area contributed by atoms with Gasteiger partial charge in [-0.05, 0) is 55.9 Å². The number of anilines is 1. The van der Waals surface area contributed by atoms with Gasteiger partial charge < -0.3 is 14.8 Å². The highest BCUT2D eigenvalue weighted by Crippen LogP contribution is 2.24. The normalized spacial score (nSPS) is 15.9. The fourth-order valence-corrected chi connectivity index (χ4v) is 2.57. The van der Waals surface area contributed by atoms with Gasteiger partial charge in [0.15, 0.2) is 0 Å². The van der Waals surface area contributed by atoms with Crippen molar-refractivity contribution in [1.29, 1.82) is 0 Å². The van der Waals surface area contributed by atoms with E-state index in [0.29, 0.717) is 11.5 Å². The van der Waals surface area contributed by atoms with Crippen LogP contribution in [-0.2, 0) is 9.47 Å². The van der Waals surface area contributed by atoms with E-state index in [0.717, 1.165) is 49.4 Å². The number of carbonyl (C=O) groups excluding carboxylic acids is 1. The molecule has 0 amide bonds. The van der Waals surface area contributed by atoms with E-state index >= 15 is 0 Å². The average molecular weight is 277 g/mol. The Morgan fingerprint density at radius 1 is 1.35 bits per heavy atom. The van der Waals surface area contributed by atoms with Crippen molar-refractivity contribution in [2.75, 3.05) is 32.2 Å². The number of nitrogens with one attached hydrogen (secondary N) is 1. The third-order valence-corrected chi connectivity index (χ3v) is 3.88. The van der Waals surface area contributed by atoms with E-state index in [2.05, 4.69) is 11.4 Å². The van der Waals surface area contributed by atoms with Gasteiger partial charge in [-0.3, -0.25) is 0 Å². The first-order valence-corrected chi connectivity index (χ1v) is 7.13. The highest BCUT2D eigenvalue weighted by Gasteiger charge is 2.16. The van der Waals surface area contributed by atoms with Gasteiger partial charge in [0.25, 0.3) is 0 Å². The number of methoxy groups -OCH3 is 1. The van der Waals surface area contributed by atoms with Gasteiger partial charge in [0.05, 0.1) is 12.7 Å². The number of ether oxygens (including phenoxy) is 2. The molecule has 1 aromatic rings. The van der Waals surface area contributed by atoms with Gasteiger partial charge in [-0.25, -0.2) is 4.79 Å². The first-order valence-electron chi connectivity index (χ1n) is 7.13. The molecule has 0 aromatic heterocycles. The standard InChI is InChI=1S/C16H23NO3/c1-11-8-14(16(18)19-3)12(2)15(9-11)17-10-13-4-6-20-7-5-13/h8-9,13,17H,4-7,10H2,1-3H3. The van der Waals surface area contributed by atoms with Gasteiger partial charge in [0.2, 0.25) is 0 Å². The molecule has 1 aliphatic rings. The molecule has 1 N–H and O–H groups in total. The molecule has 0 radical (unpaired) electrons. The van der Waals surface area contributed by atoms with E-state index in [4.69, 9.17) is 9.47 Å². The quantitative estimate of drug-likeness (QED) is 0.860. The molecule has 0 bridgehead atoms. The molecule has 4 nitrogen and oxygen atoms in total. The highest BCUT2D eigenvalue weighted by atomic mass is 16.5. The molecule has 1 heterocycles. The molecule has 0 saturated carbocycles. The van der Waals surface area contributed by atoms with E-state index in [9.17, 15) is 4.79 Å². The molecule has 4 heteroatoms. The van der Waals surface area contributed by atoms with Crippen molar-refractivity contribution < 1.29 is 14.3 Å². The van der Waals surface area contributed by atoms with Gasteiger partial charge in [-0.15, -0.1) is 0 Å². The maximum atomic E-state index is 11.8. The number of benzene rings is 1. The zero-order chi connectivity index (χ0) is 14.5. The van der Waals surface area contributed by atoms with Crippen molar-refractivity contribution in [2.24, 2.45) is 5.92 Å². The molecular weight excluding hydrogens is 254 g/mol. The van der Waals surface area contributed by atoms with Crippen LogP contribution in [0.1, 0.15) is 34.3 Å². The fourth-order valence-electron chi connectivity index (χ4n) is 2.57. The second-order valence-corrected chi connectivity index (χ2v) is 5.41. The van der Waals surface area contributed by atoms with E-state index in [-0.39, 0.29) is 5.97 Å². The molecule has 2 rings (SSSR count). The second-order valence-electron chi connectivity index (χ2n) is 5.41. The zero-order valence-corrected chi connectivity index (χ0v) is 12.5.